The molecule has 0 bridgehead atoms. The second-order valence-electron chi connectivity index (χ2n) is 6.25. The number of ether oxygens (including phenoxy) is 1. The van der Waals surface area contributed by atoms with Gasteiger partial charge in [0, 0.05) is 10.9 Å². The Hall–Kier alpha value is -0.800. The second-order valence-corrected chi connectivity index (χ2v) is 7.96. The summed E-state index contributed by atoms with van der Waals surface area (Å²) in [5.74, 6) is 1.02. The van der Waals surface area contributed by atoms with Crippen LogP contribution < -0.4 is 4.74 Å². The molecule has 1 unspecified atom stereocenters. The van der Waals surface area contributed by atoms with Crippen LogP contribution in [0.5, 0.6) is 5.75 Å². The van der Waals surface area contributed by atoms with Crippen LogP contribution in [-0.4, -0.2) is 5.60 Å². The molecule has 0 saturated heterocycles. The molecule has 0 fully saturated rings. The van der Waals surface area contributed by atoms with Crippen molar-refractivity contribution in [3.05, 3.63) is 63.1 Å². The summed E-state index contributed by atoms with van der Waals surface area (Å²) in [6.07, 6.45) is 0.963. The molecule has 21 heavy (non-hydrogen) atoms. The van der Waals surface area contributed by atoms with E-state index < -0.39 is 0 Å². The van der Waals surface area contributed by atoms with Gasteiger partial charge in [-0.3, -0.25) is 0 Å². The fourth-order valence-electron chi connectivity index (χ4n) is 2.83. The summed E-state index contributed by atoms with van der Waals surface area (Å²) in [4.78, 5) is 0.181. The van der Waals surface area contributed by atoms with E-state index in [0.717, 1.165) is 12.2 Å². The largest absolute Gasteiger partial charge is 0.487 e. The van der Waals surface area contributed by atoms with Crippen LogP contribution >= 0.6 is 31.9 Å². The average molecular weight is 410 g/mol. The molecule has 2 aromatic carbocycles. The normalized spacial score (nSPS) is 17.2. The Kier molecular flexibility index (Phi) is 3.91. The zero-order valence-corrected chi connectivity index (χ0v) is 15.6. The van der Waals surface area contributed by atoms with E-state index in [0.29, 0.717) is 0 Å². The number of fused-ring (bicyclic) bond motifs is 1. The van der Waals surface area contributed by atoms with Gasteiger partial charge in [-0.1, -0.05) is 62.2 Å². The molecule has 110 valence electrons. The van der Waals surface area contributed by atoms with Crippen LogP contribution in [-0.2, 0) is 6.42 Å². The fraction of sp³-hybridized carbons (Fsp3) is 0.333. The smallest absolute Gasteiger partial charge is 0.123 e. The molecule has 0 saturated carbocycles. The van der Waals surface area contributed by atoms with Crippen molar-refractivity contribution in [2.45, 2.75) is 37.6 Å². The summed E-state index contributed by atoms with van der Waals surface area (Å²) in [5, 5.41) is 0. The zero-order valence-electron chi connectivity index (χ0n) is 12.4. The van der Waals surface area contributed by atoms with E-state index in [9.17, 15) is 0 Å². The van der Waals surface area contributed by atoms with Crippen LogP contribution in [0.1, 0.15) is 40.9 Å². The molecule has 0 spiro atoms. The van der Waals surface area contributed by atoms with Crippen molar-refractivity contribution in [1.82, 2.24) is 0 Å². The van der Waals surface area contributed by atoms with Gasteiger partial charge in [-0.25, -0.2) is 0 Å². The van der Waals surface area contributed by atoms with Crippen LogP contribution in [0.15, 0.2) is 40.9 Å². The fourth-order valence-corrected chi connectivity index (χ4v) is 4.30. The first-order valence-electron chi connectivity index (χ1n) is 7.08. The van der Waals surface area contributed by atoms with Gasteiger partial charge in [0.05, 0.1) is 4.83 Å². The standard InChI is InChI=1S/C18H18Br2O/c1-11-5-4-6-14(16(11)19)17(20)12-7-8-15-13(9-12)10-18(2,3)21-15/h4-9,17H,10H2,1-3H3. The molecule has 1 heterocycles. The van der Waals surface area contributed by atoms with Gasteiger partial charge in [-0.2, -0.15) is 0 Å². The van der Waals surface area contributed by atoms with E-state index in [1.807, 2.05) is 0 Å². The third-order valence-corrected chi connectivity index (χ3v) is 5.98. The Labute approximate surface area is 143 Å². The number of hydrogen-bond acceptors (Lipinski definition) is 1. The van der Waals surface area contributed by atoms with Gasteiger partial charge >= 0.3 is 0 Å². The molecule has 2 aromatic rings. The Bertz CT molecular complexity index is 692. The number of halogens is 2. The summed E-state index contributed by atoms with van der Waals surface area (Å²) in [6.45, 7) is 6.39. The topological polar surface area (TPSA) is 9.23 Å². The summed E-state index contributed by atoms with van der Waals surface area (Å²) in [7, 11) is 0. The van der Waals surface area contributed by atoms with Crippen molar-refractivity contribution < 1.29 is 4.74 Å². The minimum absolute atomic E-state index is 0.0906. The Morgan fingerprint density at radius 2 is 1.95 bits per heavy atom. The quantitative estimate of drug-likeness (QED) is 0.556. The molecule has 0 aromatic heterocycles. The molecule has 1 nitrogen and oxygen atoms in total. The molecule has 0 N–H and O–H groups in total. The lowest BCUT2D eigenvalue weighted by Gasteiger charge is -2.16. The molecule has 3 rings (SSSR count). The second kappa shape index (κ2) is 5.44. The number of rotatable bonds is 2. The lowest BCUT2D eigenvalue weighted by atomic mass is 9.97. The van der Waals surface area contributed by atoms with Crippen LogP contribution in [0.25, 0.3) is 0 Å². The minimum atomic E-state index is -0.0906. The summed E-state index contributed by atoms with van der Waals surface area (Å²) in [6, 6.07) is 12.9. The van der Waals surface area contributed by atoms with Gasteiger partial charge in [0.25, 0.3) is 0 Å². The molecule has 0 aliphatic carbocycles. The predicted octanol–water partition coefficient (Wildman–Crippen LogP) is 5.96. The van der Waals surface area contributed by atoms with Crippen molar-refractivity contribution in [1.29, 1.82) is 0 Å². The van der Waals surface area contributed by atoms with Gasteiger partial charge in [-0.05, 0) is 49.1 Å². The maximum absolute atomic E-state index is 5.95. The lowest BCUT2D eigenvalue weighted by molar-refractivity contribution is 0.138. The molecule has 3 heteroatoms. The highest BCUT2D eigenvalue weighted by atomic mass is 79.9. The molecule has 1 aliphatic heterocycles. The molecular weight excluding hydrogens is 392 g/mol. The van der Waals surface area contributed by atoms with Gasteiger partial charge in [0.2, 0.25) is 0 Å². The number of aryl methyl sites for hydroxylation is 1. The SMILES string of the molecule is Cc1cccc(C(Br)c2ccc3c(c2)CC(C)(C)O3)c1Br. The van der Waals surface area contributed by atoms with E-state index in [2.05, 4.69) is 89.0 Å². The Morgan fingerprint density at radius 1 is 1.19 bits per heavy atom. The monoisotopic (exact) mass is 408 g/mol. The van der Waals surface area contributed by atoms with Crippen LogP contribution in [0.3, 0.4) is 0 Å². The van der Waals surface area contributed by atoms with Crippen LogP contribution in [0.4, 0.5) is 0 Å². The number of alkyl halides is 1. The lowest BCUT2D eigenvalue weighted by Crippen LogP contribution is -2.24. The molecule has 0 amide bonds. The first-order valence-corrected chi connectivity index (χ1v) is 8.79. The maximum atomic E-state index is 5.95. The van der Waals surface area contributed by atoms with E-state index in [-0.39, 0.29) is 10.4 Å². The van der Waals surface area contributed by atoms with E-state index in [1.165, 1.54) is 26.7 Å². The van der Waals surface area contributed by atoms with Gasteiger partial charge in [0.1, 0.15) is 11.4 Å². The van der Waals surface area contributed by atoms with Crippen molar-refractivity contribution in [2.75, 3.05) is 0 Å². The van der Waals surface area contributed by atoms with Gasteiger partial charge < -0.3 is 4.74 Å². The van der Waals surface area contributed by atoms with Crippen molar-refractivity contribution in [3.63, 3.8) is 0 Å². The number of benzene rings is 2. The first-order chi connectivity index (χ1) is 9.87. The van der Waals surface area contributed by atoms with Gasteiger partial charge in [0.15, 0.2) is 0 Å². The molecule has 1 aliphatic rings. The highest BCUT2D eigenvalue weighted by Gasteiger charge is 2.30. The zero-order chi connectivity index (χ0) is 15.2. The predicted molar refractivity (Wildman–Crippen MR) is 94.5 cm³/mol. The third-order valence-electron chi connectivity index (χ3n) is 3.87. The van der Waals surface area contributed by atoms with Crippen LogP contribution in [0.2, 0.25) is 0 Å². The van der Waals surface area contributed by atoms with Crippen molar-refractivity contribution in [3.8, 4) is 5.75 Å². The summed E-state index contributed by atoms with van der Waals surface area (Å²) >= 11 is 7.55. The van der Waals surface area contributed by atoms with Gasteiger partial charge in [-0.15, -0.1) is 0 Å². The molecule has 1 atom stereocenters. The highest BCUT2D eigenvalue weighted by Crippen LogP contribution is 2.41. The van der Waals surface area contributed by atoms with Crippen molar-refractivity contribution in [2.24, 2.45) is 0 Å². The highest BCUT2D eigenvalue weighted by molar-refractivity contribution is 9.11. The van der Waals surface area contributed by atoms with Crippen LogP contribution in [0, 0.1) is 6.92 Å². The minimum Gasteiger partial charge on any atom is -0.487 e. The Morgan fingerprint density at radius 3 is 2.71 bits per heavy atom. The van der Waals surface area contributed by atoms with E-state index in [4.69, 9.17) is 4.74 Å². The summed E-state index contributed by atoms with van der Waals surface area (Å²) < 4.78 is 7.12. The van der Waals surface area contributed by atoms with E-state index in [1.54, 1.807) is 0 Å². The summed E-state index contributed by atoms with van der Waals surface area (Å²) in [5.41, 5.74) is 4.98. The number of hydrogen-bond donors (Lipinski definition) is 0. The first kappa shape index (κ1) is 15.1. The Balaban J connectivity index is 1.97. The third kappa shape index (κ3) is 2.91. The molecular formula is C18H18Br2O. The maximum Gasteiger partial charge on any atom is 0.123 e. The van der Waals surface area contributed by atoms with Crippen molar-refractivity contribution >= 4 is 31.9 Å². The molecule has 0 radical (unpaired) electrons. The van der Waals surface area contributed by atoms with E-state index >= 15 is 0 Å². The average Bonchev–Trinajstić information content (AvgIpc) is 2.73.